The summed E-state index contributed by atoms with van der Waals surface area (Å²) in [6.07, 6.45) is 2.31. The first-order valence-corrected chi connectivity index (χ1v) is 5.37. The lowest BCUT2D eigenvalue weighted by atomic mass is 10.2. The molecule has 0 atom stereocenters. The third kappa shape index (κ3) is 3.38. The number of hydrazone groups is 1. The van der Waals surface area contributed by atoms with Gasteiger partial charge in [-0.25, -0.2) is 9.18 Å². The highest BCUT2D eigenvalue weighted by Crippen LogP contribution is 2.10. The van der Waals surface area contributed by atoms with Gasteiger partial charge in [0.05, 0.1) is 19.5 Å². The van der Waals surface area contributed by atoms with Crippen LogP contribution in [0.4, 0.5) is 10.2 Å². The minimum atomic E-state index is -0.688. The smallest absolute Gasteiger partial charge is 0.346 e. The fourth-order valence-electron chi connectivity index (χ4n) is 1.32. The van der Waals surface area contributed by atoms with Gasteiger partial charge >= 0.3 is 5.69 Å². The van der Waals surface area contributed by atoms with Crippen molar-refractivity contribution in [1.82, 2.24) is 9.97 Å². The van der Waals surface area contributed by atoms with Crippen LogP contribution in [-0.4, -0.2) is 23.3 Å². The topological polar surface area (TPSA) is 79.4 Å². The standard InChI is InChI=1S/C12H11FN4O2/c1-19-9-4-2-8(3-5-9)6-15-17-11-10(13)7-14-12(18)16-11/h2-7H,1H3,(H2,14,16,17,18). The predicted octanol–water partition coefficient (Wildman–Crippen LogP) is 1.36. The Morgan fingerprint density at radius 1 is 1.42 bits per heavy atom. The summed E-state index contributed by atoms with van der Waals surface area (Å²) in [6, 6.07) is 7.12. The SMILES string of the molecule is COc1ccc(C=NNc2[nH]c(=O)ncc2F)cc1. The van der Waals surface area contributed by atoms with Crippen LogP contribution in [0.25, 0.3) is 0 Å². The maximum absolute atomic E-state index is 13.2. The molecule has 0 aliphatic heterocycles. The number of methoxy groups -OCH3 is 1. The molecular weight excluding hydrogens is 251 g/mol. The first kappa shape index (κ1) is 12.7. The summed E-state index contributed by atoms with van der Waals surface area (Å²) < 4.78 is 18.2. The number of hydrogen-bond donors (Lipinski definition) is 2. The fraction of sp³-hybridized carbons (Fsp3) is 0.0833. The van der Waals surface area contributed by atoms with Crippen molar-refractivity contribution < 1.29 is 9.13 Å². The molecule has 0 spiro atoms. The molecule has 7 heteroatoms. The van der Waals surface area contributed by atoms with Crippen molar-refractivity contribution in [2.24, 2.45) is 5.10 Å². The number of halogens is 1. The van der Waals surface area contributed by atoms with Crippen molar-refractivity contribution in [1.29, 1.82) is 0 Å². The van der Waals surface area contributed by atoms with Gasteiger partial charge in [-0.1, -0.05) is 0 Å². The molecule has 0 unspecified atom stereocenters. The van der Waals surface area contributed by atoms with Crippen LogP contribution in [-0.2, 0) is 0 Å². The summed E-state index contributed by atoms with van der Waals surface area (Å²) in [5, 5.41) is 3.82. The molecule has 98 valence electrons. The van der Waals surface area contributed by atoms with Gasteiger partial charge in [0, 0.05) is 0 Å². The summed E-state index contributed by atoms with van der Waals surface area (Å²) in [6.45, 7) is 0. The zero-order valence-electron chi connectivity index (χ0n) is 10.1. The number of H-pyrrole nitrogens is 1. The first-order chi connectivity index (χ1) is 9.19. The van der Waals surface area contributed by atoms with Crippen molar-refractivity contribution in [3.8, 4) is 5.75 Å². The van der Waals surface area contributed by atoms with E-state index >= 15 is 0 Å². The average molecular weight is 262 g/mol. The molecule has 1 heterocycles. The predicted molar refractivity (Wildman–Crippen MR) is 69.0 cm³/mol. The van der Waals surface area contributed by atoms with Crippen LogP contribution in [0.5, 0.6) is 5.75 Å². The summed E-state index contributed by atoms with van der Waals surface area (Å²) in [5.74, 6) is -0.0918. The third-order valence-electron chi connectivity index (χ3n) is 2.27. The Hall–Kier alpha value is -2.70. The average Bonchev–Trinajstić information content (AvgIpc) is 2.43. The molecule has 0 amide bonds. The van der Waals surface area contributed by atoms with Gasteiger partial charge in [0.25, 0.3) is 0 Å². The number of nitrogens with zero attached hydrogens (tertiary/aromatic N) is 2. The van der Waals surface area contributed by atoms with Crippen LogP contribution in [0.2, 0.25) is 0 Å². The second-order valence-electron chi connectivity index (χ2n) is 3.55. The zero-order valence-corrected chi connectivity index (χ0v) is 10.1. The van der Waals surface area contributed by atoms with Gasteiger partial charge in [-0.2, -0.15) is 10.1 Å². The molecular formula is C12H11FN4O2. The van der Waals surface area contributed by atoms with Gasteiger partial charge in [-0.3, -0.25) is 10.4 Å². The minimum absolute atomic E-state index is 0.134. The van der Waals surface area contributed by atoms with Crippen LogP contribution in [0.1, 0.15) is 5.56 Å². The molecule has 1 aromatic carbocycles. The number of benzene rings is 1. The lowest BCUT2D eigenvalue weighted by Gasteiger charge is -2.01. The molecule has 2 aromatic rings. The number of anilines is 1. The summed E-state index contributed by atoms with van der Waals surface area (Å²) >= 11 is 0. The molecule has 0 aliphatic rings. The second-order valence-corrected chi connectivity index (χ2v) is 3.55. The van der Waals surface area contributed by atoms with E-state index in [1.165, 1.54) is 6.21 Å². The van der Waals surface area contributed by atoms with E-state index in [0.29, 0.717) is 0 Å². The van der Waals surface area contributed by atoms with Crippen LogP contribution in [0.3, 0.4) is 0 Å². The minimum Gasteiger partial charge on any atom is -0.497 e. The van der Waals surface area contributed by atoms with E-state index in [1.807, 2.05) is 0 Å². The Morgan fingerprint density at radius 3 is 2.84 bits per heavy atom. The molecule has 0 aliphatic carbocycles. The van der Waals surface area contributed by atoms with E-state index in [2.05, 4.69) is 20.5 Å². The molecule has 2 rings (SSSR count). The lowest BCUT2D eigenvalue weighted by Crippen LogP contribution is -2.13. The number of hydrogen-bond acceptors (Lipinski definition) is 5. The van der Waals surface area contributed by atoms with Crippen molar-refractivity contribution in [2.75, 3.05) is 12.5 Å². The highest BCUT2D eigenvalue weighted by Gasteiger charge is 2.01. The molecule has 2 N–H and O–H groups in total. The van der Waals surface area contributed by atoms with Gasteiger partial charge in [-0.05, 0) is 29.8 Å². The van der Waals surface area contributed by atoms with E-state index in [4.69, 9.17) is 4.74 Å². The van der Waals surface area contributed by atoms with E-state index in [0.717, 1.165) is 17.5 Å². The molecule has 19 heavy (non-hydrogen) atoms. The first-order valence-electron chi connectivity index (χ1n) is 5.37. The molecule has 0 saturated carbocycles. The quantitative estimate of drug-likeness (QED) is 0.644. The molecule has 0 saturated heterocycles. The monoisotopic (exact) mass is 262 g/mol. The van der Waals surface area contributed by atoms with Gasteiger partial charge in [-0.15, -0.1) is 0 Å². The Kier molecular flexibility index (Phi) is 3.87. The Bertz CT molecular complexity index is 637. The van der Waals surface area contributed by atoms with Crippen LogP contribution < -0.4 is 15.9 Å². The molecule has 0 radical (unpaired) electrons. The third-order valence-corrected chi connectivity index (χ3v) is 2.27. The van der Waals surface area contributed by atoms with E-state index in [-0.39, 0.29) is 5.82 Å². The molecule has 0 fully saturated rings. The van der Waals surface area contributed by atoms with Crippen LogP contribution in [0.15, 0.2) is 40.4 Å². The zero-order chi connectivity index (χ0) is 13.7. The summed E-state index contributed by atoms with van der Waals surface area (Å²) in [5.41, 5.74) is 2.55. The number of nitrogens with one attached hydrogen (secondary N) is 2. The molecule has 0 bridgehead atoms. The fourth-order valence-corrected chi connectivity index (χ4v) is 1.32. The van der Waals surface area contributed by atoms with Crippen molar-refractivity contribution in [3.05, 3.63) is 52.3 Å². The molecule has 6 nitrogen and oxygen atoms in total. The van der Waals surface area contributed by atoms with Crippen molar-refractivity contribution >= 4 is 12.0 Å². The van der Waals surface area contributed by atoms with Crippen molar-refractivity contribution in [3.63, 3.8) is 0 Å². The summed E-state index contributed by atoms with van der Waals surface area (Å²) in [4.78, 5) is 16.3. The van der Waals surface area contributed by atoms with Crippen LogP contribution >= 0.6 is 0 Å². The van der Waals surface area contributed by atoms with Gasteiger partial charge in [0.2, 0.25) is 0 Å². The van der Waals surface area contributed by atoms with E-state index < -0.39 is 11.5 Å². The molecule has 1 aromatic heterocycles. The normalized spacial score (nSPS) is 10.6. The lowest BCUT2D eigenvalue weighted by molar-refractivity contribution is 0.415. The maximum Gasteiger partial charge on any atom is 0.346 e. The van der Waals surface area contributed by atoms with Crippen molar-refractivity contribution in [2.45, 2.75) is 0 Å². The van der Waals surface area contributed by atoms with E-state index in [1.54, 1.807) is 31.4 Å². The van der Waals surface area contributed by atoms with Crippen LogP contribution in [0, 0.1) is 5.82 Å². The number of aromatic amines is 1. The summed E-state index contributed by atoms with van der Waals surface area (Å²) in [7, 11) is 1.58. The number of ether oxygens (including phenoxy) is 1. The highest BCUT2D eigenvalue weighted by molar-refractivity contribution is 5.80. The Balaban J connectivity index is 2.06. The number of rotatable bonds is 4. The number of aromatic nitrogens is 2. The Morgan fingerprint density at radius 2 is 2.16 bits per heavy atom. The second kappa shape index (κ2) is 5.76. The van der Waals surface area contributed by atoms with Gasteiger partial charge in [0.15, 0.2) is 11.6 Å². The van der Waals surface area contributed by atoms with Gasteiger partial charge < -0.3 is 4.74 Å². The highest BCUT2D eigenvalue weighted by atomic mass is 19.1. The van der Waals surface area contributed by atoms with E-state index in [9.17, 15) is 9.18 Å². The largest absolute Gasteiger partial charge is 0.497 e. The maximum atomic E-state index is 13.2. The Labute approximate surface area is 108 Å². The van der Waals surface area contributed by atoms with Gasteiger partial charge in [0.1, 0.15) is 5.75 Å².